The van der Waals surface area contributed by atoms with Crippen LogP contribution in [0, 0.1) is 0 Å². The quantitative estimate of drug-likeness (QED) is 0.266. The molecule has 0 aliphatic rings. The third-order valence-corrected chi connectivity index (χ3v) is 6.18. The van der Waals surface area contributed by atoms with E-state index in [-0.39, 0.29) is 0 Å². The highest BCUT2D eigenvalue weighted by Crippen LogP contribution is 2.15. The van der Waals surface area contributed by atoms with Gasteiger partial charge in [-0.2, -0.15) is 11.8 Å². The van der Waals surface area contributed by atoms with Crippen LogP contribution in [0.5, 0.6) is 0 Å². The summed E-state index contributed by atoms with van der Waals surface area (Å²) in [4.78, 5) is 6.11. The lowest BCUT2D eigenvalue weighted by Gasteiger charge is -2.03. The zero-order chi connectivity index (χ0) is 16.4. The van der Waals surface area contributed by atoms with Gasteiger partial charge in [0, 0.05) is 4.88 Å². The van der Waals surface area contributed by atoms with Crippen molar-refractivity contribution in [3.8, 4) is 0 Å². The van der Waals surface area contributed by atoms with Gasteiger partial charge in [0.2, 0.25) is 0 Å². The molecule has 0 aromatic carbocycles. The van der Waals surface area contributed by atoms with E-state index >= 15 is 0 Å². The molecule has 0 amide bonds. The van der Waals surface area contributed by atoms with E-state index in [1.807, 2.05) is 23.1 Å². The maximum absolute atomic E-state index is 4.99. The summed E-state index contributed by atoms with van der Waals surface area (Å²) in [5, 5.41) is 2.19. The molecule has 0 aliphatic heterocycles. The predicted octanol–water partition coefficient (Wildman–Crippen LogP) is 6.21. The standard InChI is InChI=1S/C19H35NOS2/c20-21-15-12-17-22-16-10-8-6-4-2-1-3-5-7-9-13-19-14-11-18-23-19/h11,14,18H,1-10,12-13,15-17,20H2. The topological polar surface area (TPSA) is 35.2 Å². The molecule has 0 unspecified atom stereocenters. The average molecular weight is 358 g/mol. The van der Waals surface area contributed by atoms with Crippen LogP contribution in [-0.4, -0.2) is 18.1 Å². The van der Waals surface area contributed by atoms with E-state index in [1.165, 1.54) is 82.1 Å². The molecule has 0 bridgehead atoms. The maximum Gasteiger partial charge on any atom is 0.0687 e. The van der Waals surface area contributed by atoms with Crippen LogP contribution in [0.1, 0.15) is 75.5 Å². The number of rotatable bonds is 17. The van der Waals surface area contributed by atoms with Gasteiger partial charge in [0.1, 0.15) is 0 Å². The van der Waals surface area contributed by atoms with Crippen molar-refractivity contribution in [2.45, 2.75) is 77.0 Å². The number of nitrogens with two attached hydrogens (primary N) is 1. The first-order valence-electron chi connectivity index (χ1n) is 9.35. The molecule has 1 aromatic rings. The highest BCUT2D eigenvalue weighted by Gasteiger charge is 1.96. The highest BCUT2D eigenvalue weighted by molar-refractivity contribution is 7.99. The van der Waals surface area contributed by atoms with Crippen LogP contribution in [0.2, 0.25) is 0 Å². The highest BCUT2D eigenvalue weighted by atomic mass is 32.2. The minimum atomic E-state index is 0.695. The molecule has 0 radical (unpaired) electrons. The van der Waals surface area contributed by atoms with Crippen molar-refractivity contribution >= 4 is 23.1 Å². The Morgan fingerprint density at radius 1 is 0.826 bits per heavy atom. The minimum absolute atomic E-state index is 0.695. The van der Waals surface area contributed by atoms with Gasteiger partial charge in [-0.3, -0.25) is 0 Å². The average Bonchev–Trinajstić information content (AvgIpc) is 3.08. The lowest BCUT2D eigenvalue weighted by Crippen LogP contribution is -2.01. The van der Waals surface area contributed by atoms with Crippen LogP contribution < -0.4 is 5.90 Å². The fourth-order valence-electron chi connectivity index (χ4n) is 2.72. The molecule has 1 aromatic heterocycles. The van der Waals surface area contributed by atoms with Crippen molar-refractivity contribution in [1.29, 1.82) is 0 Å². The Labute approximate surface area is 151 Å². The van der Waals surface area contributed by atoms with Gasteiger partial charge < -0.3 is 4.84 Å². The summed E-state index contributed by atoms with van der Waals surface area (Å²) in [6, 6.07) is 4.42. The second-order valence-corrected chi connectivity index (χ2v) is 8.46. The van der Waals surface area contributed by atoms with E-state index in [9.17, 15) is 0 Å². The SMILES string of the molecule is NOCCCSCCCCCCCCCCCCc1cccs1. The molecule has 1 heterocycles. The molecule has 0 atom stereocenters. The zero-order valence-electron chi connectivity index (χ0n) is 14.6. The van der Waals surface area contributed by atoms with Crippen molar-refractivity contribution in [2.24, 2.45) is 5.90 Å². The number of hydrogen-bond acceptors (Lipinski definition) is 4. The normalized spacial score (nSPS) is 11.2. The van der Waals surface area contributed by atoms with Gasteiger partial charge in [-0.1, -0.05) is 57.4 Å². The van der Waals surface area contributed by atoms with E-state index in [0.717, 1.165) is 6.42 Å². The van der Waals surface area contributed by atoms with Crippen LogP contribution in [0.15, 0.2) is 17.5 Å². The summed E-state index contributed by atoms with van der Waals surface area (Å²) in [6.07, 6.45) is 16.5. The Morgan fingerprint density at radius 3 is 2.04 bits per heavy atom. The molecule has 23 heavy (non-hydrogen) atoms. The lowest BCUT2D eigenvalue weighted by atomic mass is 10.1. The Hall–Kier alpha value is -0.0300. The van der Waals surface area contributed by atoms with Gasteiger partial charge in [0.15, 0.2) is 0 Å². The summed E-state index contributed by atoms with van der Waals surface area (Å²) < 4.78 is 0. The largest absolute Gasteiger partial charge is 0.305 e. The third-order valence-electron chi connectivity index (χ3n) is 4.09. The van der Waals surface area contributed by atoms with Gasteiger partial charge in [0.05, 0.1) is 6.61 Å². The Balaban J connectivity index is 1.67. The number of aryl methyl sites for hydroxylation is 1. The molecule has 134 valence electrons. The summed E-state index contributed by atoms with van der Waals surface area (Å²) in [7, 11) is 0. The summed E-state index contributed by atoms with van der Waals surface area (Å²) >= 11 is 3.94. The number of thioether (sulfide) groups is 1. The van der Waals surface area contributed by atoms with E-state index in [4.69, 9.17) is 5.90 Å². The summed E-state index contributed by atoms with van der Waals surface area (Å²) in [6.45, 7) is 0.695. The van der Waals surface area contributed by atoms with Gasteiger partial charge in [-0.05, 0) is 48.6 Å². The minimum Gasteiger partial charge on any atom is -0.305 e. The monoisotopic (exact) mass is 357 g/mol. The van der Waals surface area contributed by atoms with Crippen molar-refractivity contribution < 1.29 is 4.84 Å². The van der Waals surface area contributed by atoms with Crippen molar-refractivity contribution in [3.05, 3.63) is 22.4 Å². The zero-order valence-corrected chi connectivity index (χ0v) is 16.3. The van der Waals surface area contributed by atoms with E-state index in [0.29, 0.717) is 6.61 Å². The Morgan fingerprint density at radius 2 is 1.43 bits per heavy atom. The van der Waals surface area contributed by atoms with Crippen molar-refractivity contribution in [1.82, 2.24) is 0 Å². The van der Waals surface area contributed by atoms with Crippen LogP contribution in [0.25, 0.3) is 0 Å². The van der Waals surface area contributed by atoms with E-state index in [2.05, 4.69) is 22.4 Å². The third kappa shape index (κ3) is 14.1. The molecule has 0 aliphatic carbocycles. The fraction of sp³-hybridized carbons (Fsp3) is 0.789. The van der Waals surface area contributed by atoms with Gasteiger partial charge in [-0.15, -0.1) is 11.3 Å². The van der Waals surface area contributed by atoms with Gasteiger partial charge >= 0.3 is 0 Å². The first-order chi connectivity index (χ1) is 11.4. The molecule has 2 N–H and O–H groups in total. The molecule has 0 saturated heterocycles. The predicted molar refractivity (Wildman–Crippen MR) is 106 cm³/mol. The summed E-state index contributed by atoms with van der Waals surface area (Å²) in [5.41, 5.74) is 0. The van der Waals surface area contributed by atoms with Gasteiger partial charge in [0.25, 0.3) is 0 Å². The van der Waals surface area contributed by atoms with Crippen LogP contribution >= 0.6 is 23.1 Å². The van der Waals surface area contributed by atoms with Gasteiger partial charge in [-0.25, -0.2) is 5.90 Å². The smallest absolute Gasteiger partial charge is 0.0687 e. The molecule has 0 fully saturated rings. The lowest BCUT2D eigenvalue weighted by molar-refractivity contribution is 0.139. The molecule has 2 nitrogen and oxygen atoms in total. The Kier molecular flexibility index (Phi) is 15.4. The molecule has 0 spiro atoms. The van der Waals surface area contributed by atoms with Crippen LogP contribution in [0.4, 0.5) is 0 Å². The second kappa shape index (κ2) is 16.8. The molecule has 4 heteroatoms. The van der Waals surface area contributed by atoms with E-state index in [1.54, 1.807) is 4.88 Å². The number of hydrogen-bond donors (Lipinski definition) is 1. The molecule has 1 rings (SSSR count). The number of unbranched alkanes of at least 4 members (excludes halogenated alkanes) is 9. The molecular weight excluding hydrogens is 322 g/mol. The van der Waals surface area contributed by atoms with E-state index < -0.39 is 0 Å². The fourth-order valence-corrected chi connectivity index (χ4v) is 4.40. The summed E-state index contributed by atoms with van der Waals surface area (Å²) in [5.74, 6) is 7.48. The first kappa shape index (κ1) is 21.0. The Bertz CT molecular complexity index is 330. The van der Waals surface area contributed by atoms with Crippen molar-refractivity contribution in [3.63, 3.8) is 0 Å². The van der Waals surface area contributed by atoms with Crippen molar-refractivity contribution in [2.75, 3.05) is 18.1 Å². The molecular formula is C19H35NOS2. The second-order valence-electron chi connectivity index (χ2n) is 6.20. The maximum atomic E-state index is 4.99. The van der Waals surface area contributed by atoms with Crippen LogP contribution in [-0.2, 0) is 11.3 Å². The van der Waals surface area contributed by atoms with Crippen LogP contribution in [0.3, 0.4) is 0 Å². The molecule has 0 saturated carbocycles. The first-order valence-corrected chi connectivity index (χ1v) is 11.4. The number of thiophene rings is 1.